The maximum absolute atomic E-state index is 13.7. The molecule has 5 aromatic rings. The van der Waals surface area contributed by atoms with Crippen molar-refractivity contribution in [3.8, 4) is 11.1 Å². The van der Waals surface area contributed by atoms with Gasteiger partial charge in [-0.25, -0.2) is 14.8 Å². The van der Waals surface area contributed by atoms with Crippen LogP contribution in [0.1, 0.15) is 34.0 Å². The molecule has 5 N–H and O–H groups in total. The molecule has 0 radical (unpaired) electrons. The summed E-state index contributed by atoms with van der Waals surface area (Å²) in [6.07, 6.45) is 5.72. The van der Waals surface area contributed by atoms with Crippen molar-refractivity contribution in [3.63, 3.8) is 0 Å². The number of ether oxygens (including phenoxy) is 1. The van der Waals surface area contributed by atoms with Gasteiger partial charge in [0.15, 0.2) is 0 Å². The number of hydrogen-bond donors (Lipinski definition) is 5. The van der Waals surface area contributed by atoms with Crippen molar-refractivity contribution in [1.82, 2.24) is 35.9 Å². The fourth-order valence-corrected chi connectivity index (χ4v) is 5.61. The van der Waals surface area contributed by atoms with Crippen molar-refractivity contribution in [2.45, 2.75) is 37.4 Å². The van der Waals surface area contributed by atoms with E-state index in [4.69, 9.17) is 4.74 Å². The van der Waals surface area contributed by atoms with E-state index in [1.807, 2.05) is 66.7 Å². The molecule has 0 unspecified atom stereocenters. The van der Waals surface area contributed by atoms with Crippen molar-refractivity contribution in [1.29, 1.82) is 0 Å². The van der Waals surface area contributed by atoms with E-state index in [0.717, 1.165) is 27.8 Å². The van der Waals surface area contributed by atoms with Gasteiger partial charge in [0.1, 0.15) is 18.7 Å². The lowest BCUT2D eigenvalue weighted by molar-refractivity contribution is -0.130. The molecule has 3 aromatic carbocycles. The summed E-state index contributed by atoms with van der Waals surface area (Å²) in [7, 11) is 0. The number of carbonyl (C=O) groups excluding carboxylic acids is 3. The van der Waals surface area contributed by atoms with Crippen molar-refractivity contribution >= 4 is 17.9 Å². The Morgan fingerprint density at radius 3 is 1.84 bits per heavy atom. The van der Waals surface area contributed by atoms with Crippen molar-refractivity contribution in [3.05, 3.63) is 132 Å². The summed E-state index contributed by atoms with van der Waals surface area (Å²) in [6.45, 7) is 0.396. The summed E-state index contributed by atoms with van der Waals surface area (Å²) < 4.78 is 5.72. The minimum absolute atomic E-state index is 0.0998. The van der Waals surface area contributed by atoms with Crippen LogP contribution in [0.25, 0.3) is 11.1 Å². The van der Waals surface area contributed by atoms with Gasteiger partial charge in [-0.15, -0.1) is 0 Å². The van der Waals surface area contributed by atoms with Crippen molar-refractivity contribution in [2.24, 2.45) is 0 Å². The fourth-order valence-electron chi connectivity index (χ4n) is 5.61. The Bertz CT molecular complexity index is 1690. The average molecular weight is 604 g/mol. The molecule has 1 aliphatic rings. The number of carbonyl (C=O) groups is 3. The molecule has 11 nitrogen and oxygen atoms in total. The molecule has 228 valence electrons. The summed E-state index contributed by atoms with van der Waals surface area (Å²) in [5.74, 6) is -1.05. The van der Waals surface area contributed by atoms with Crippen LogP contribution in [-0.2, 0) is 33.7 Å². The molecule has 2 heterocycles. The smallest absolute Gasteiger partial charge is 0.407 e. The number of imidazole rings is 2. The normalized spacial score (nSPS) is 13.2. The first kappa shape index (κ1) is 29.4. The maximum Gasteiger partial charge on any atom is 0.407 e. The summed E-state index contributed by atoms with van der Waals surface area (Å²) in [5, 5.41) is 8.44. The number of aromatic amines is 2. The lowest BCUT2D eigenvalue weighted by atomic mass is 9.98. The number of rotatable bonds is 12. The molecule has 2 atom stereocenters. The molecule has 0 saturated carbocycles. The molecule has 1 aliphatic carbocycles. The van der Waals surface area contributed by atoms with Crippen LogP contribution in [0.2, 0.25) is 0 Å². The van der Waals surface area contributed by atoms with Gasteiger partial charge < -0.3 is 30.7 Å². The standard InChI is InChI=1S/C34H33N7O4/c42-32(37-16-22-8-2-1-3-9-22)30(14-23-17-35-20-38-23)40-33(43)31(15-24-18-36-21-39-24)41-34(44)45-19-29-27-12-6-4-10-25(27)26-11-5-7-13-28(26)29/h1-13,17-18,20-21,29-31H,14-16,19H2,(H,35,38)(H,36,39)(H,37,42)(H,40,43)(H,41,44)/t30-,31-/m0/s1. The lowest BCUT2D eigenvalue weighted by Crippen LogP contribution is -2.55. The molecule has 6 rings (SSSR count). The third kappa shape index (κ3) is 7.10. The number of H-pyrrole nitrogens is 2. The molecule has 2 aromatic heterocycles. The third-order valence-corrected chi connectivity index (χ3v) is 7.85. The maximum atomic E-state index is 13.7. The number of aromatic nitrogens is 4. The first-order chi connectivity index (χ1) is 22.0. The molecular weight excluding hydrogens is 570 g/mol. The fraction of sp³-hybridized carbons (Fsp3) is 0.206. The van der Waals surface area contributed by atoms with E-state index in [1.54, 1.807) is 12.4 Å². The highest BCUT2D eigenvalue weighted by Gasteiger charge is 2.31. The van der Waals surface area contributed by atoms with E-state index in [1.165, 1.54) is 12.7 Å². The molecular formula is C34H33N7O4. The van der Waals surface area contributed by atoms with E-state index in [2.05, 4.69) is 48.0 Å². The van der Waals surface area contributed by atoms with Crippen LogP contribution >= 0.6 is 0 Å². The molecule has 11 heteroatoms. The zero-order valence-electron chi connectivity index (χ0n) is 24.4. The van der Waals surface area contributed by atoms with Gasteiger partial charge >= 0.3 is 6.09 Å². The minimum Gasteiger partial charge on any atom is -0.449 e. The summed E-state index contributed by atoms with van der Waals surface area (Å²) >= 11 is 0. The van der Waals surface area contributed by atoms with Crippen LogP contribution in [0.15, 0.2) is 104 Å². The van der Waals surface area contributed by atoms with Crippen LogP contribution in [0.3, 0.4) is 0 Å². The number of nitrogens with one attached hydrogen (secondary N) is 5. The Labute approximate surface area is 259 Å². The predicted molar refractivity (Wildman–Crippen MR) is 167 cm³/mol. The molecule has 0 fully saturated rings. The molecule has 0 aliphatic heterocycles. The van der Waals surface area contributed by atoms with Crippen LogP contribution in [-0.4, -0.2) is 56.5 Å². The van der Waals surface area contributed by atoms with Gasteiger partial charge in [0, 0.05) is 49.1 Å². The SMILES string of the molecule is O=C(N[C@@H](Cc1cnc[nH]1)C(=O)N[C@@H](Cc1cnc[nH]1)C(=O)NCc1ccccc1)OCC1c2ccccc2-c2ccccc21. The molecule has 45 heavy (non-hydrogen) atoms. The highest BCUT2D eigenvalue weighted by atomic mass is 16.5. The largest absolute Gasteiger partial charge is 0.449 e. The monoisotopic (exact) mass is 603 g/mol. The van der Waals surface area contributed by atoms with E-state index in [0.29, 0.717) is 17.9 Å². The Balaban J connectivity index is 1.14. The van der Waals surface area contributed by atoms with Crippen LogP contribution in [0.4, 0.5) is 4.79 Å². The average Bonchev–Trinajstić information content (AvgIpc) is 3.84. The quantitative estimate of drug-likeness (QED) is 0.147. The number of amides is 3. The van der Waals surface area contributed by atoms with E-state index >= 15 is 0 Å². The van der Waals surface area contributed by atoms with Gasteiger partial charge in [-0.05, 0) is 27.8 Å². The van der Waals surface area contributed by atoms with Crippen LogP contribution < -0.4 is 16.0 Å². The van der Waals surface area contributed by atoms with Gasteiger partial charge in [0.05, 0.1) is 12.7 Å². The van der Waals surface area contributed by atoms with Crippen molar-refractivity contribution in [2.75, 3.05) is 6.61 Å². The highest BCUT2D eigenvalue weighted by Crippen LogP contribution is 2.44. The molecule has 0 saturated heterocycles. The van der Waals surface area contributed by atoms with E-state index in [9.17, 15) is 14.4 Å². The Morgan fingerprint density at radius 2 is 1.27 bits per heavy atom. The lowest BCUT2D eigenvalue weighted by Gasteiger charge is -2.23. The van der Waals surface area contributed by atoms with Crippen molar-refractivity contribution < 1.29 is 19.1 Å². The van der Waals surface area contributed by atoms with E-state index in [-0.39, 0.29) is 31.3 Å². The summed E-state index contributed by atoms with van der Waals surface area (Å²) in [6, 6.07) is 23.6. The summed E-state index contributed by atoms with van der Waals surface area (Å²) in [4.78, 5) is 54.2. The van der Waals surface area contributed by atoms with Crippen LogP contribution in [0.5, 0.6) is 0 Å². The Kier molecular flexibility index (Phi) is 8.95. The predicted octanol–water partition coefficient (Wildman–Crippen LogP) is 3.63. The third-order valence-electron chi connectivity index (χ3n) is 7.85. The number of hydrogen-bond acceptors (Lipinski definition) is 6. The van der Waals surface area contributed by atoms with Crippen LogP contribution in [0, 0.1) is 0 Å². The molecule has 0 bridgehead atoms. The second-order valence-corrected chi connectivity index (χ2v) is 10.8. The van der Waals surface area contributed by atoms with Gasteiger partial charge in [-0.1, -0.05) is 78.9 Å². The topological polar surface area (TPSA) is 154 Å². The Morgan fingerprint density at radius 1 is 0.711 bits per heavy atom. The zero-order chi connectivity index (χ0) is 31.0. The number of alkyl carbamates (subject to hydrolysis) is 1. The van der Waals surface area contributed by atoms with Gasteiger partial charge in [-0.3, -0.25) is 9.59 Å². The van der Waals surface area contributed by atoms with Gasteiger partial charge in [-0.2, -0.15) is 0 Å². The number of fused-ring (bicyclic) bond motifs is 3. The van der Waals surface area contributed by atoms with Gasteiger partial charge in [0.2, 0.25) is 11.8 Å². The molecule has 0 spiro atoms. The first-order valence-electron chi connectivity index (χ1n) is 14.7. The summed E-state index contributed by atoms with van der Waals surface area (Å²) in [5.41, 5.74) is 6.63. The Hall–Kier alpha value is -5.71. The molecule has 3 amide bonds. The van der Waals surface area contributed by atoms with Gasteiger partial charge in [0.25, 0.3) is 0 Å². The number of benzene rings is 3. The highest BCUT2D eigenvalue weighted by molar-refractivity contribution is 5.91. The zero-order valence-corrected chi connectivity index (χ0v) is 24.4. The second kappa shape index (κ2) is 13.7. The minimum atomic E-state index is -1.05. The number of nitrogens with zero attached hydrogens (tertiary/aromatic N) is 2. The second-order valence-electron chi connectivity index (χ2n) is 10.8. The van der Waals surface area contributed by atoms with E-state index < -0.39 is 24.1 Å². The first-order valence-corrected chi connectivity index (χ1v) is 14.7.